The van der Waals surface area contributed by atoms with Gasteiger partial charge in [-0.05, 0) is 17.7 Å². The zero-order valence-corrected chi connectivity index (χ0v) is 17.8. The van der Waals surface area contributed by atoms with Crippen LogP contribution in [0.1, 0.15) is 18.0 Å². The van der Waals surface area contributed by atoms with Crippen LogP contribution < -0.4 is 20.1 Å². The summed E-state index contributed by atoms with van der Waals surface area (Å²) in [6.45, 7) is 0. The molecular formula is C21H21N5O4S. The molecule has 1 aliphatic rings. The van der Waals surface area contributed by atoms with Gasteiger partial charge in [0.2, 0.25) is 17.0 Å². The average Bonchev–Trinajstić information content (AvgIpc) is 3.31. The van der Waals surface area contributed by atoms with E-state index in [1.54, 1.807) is 25.3 Å². The zero-order chi connectivity index (χ0) is 21.8. The summed E-state index contributed by atoms with van der Waals surface area (Å²) in [4.78, 5) is 29.3. The maximum absolute atomic E-state index is 12.6. The summed E-state index contributed by atoms with van der Waals surface area (Å²) in [7, 11) is 3.05. The third kappa shape index (κ3) is 4.64. The maximum atomic E-state index is 12.6. The number of methoxy groups -OCH3 is 2. The molecule has 2 amide bonds. The fraction of sp³-hybridized carbons (Fsp3) is 0.238. The smallest absolute Gasteiger partial charge is 0.252 e. The van der Waals surface area contributed by atoms with E-state index in [-0.39, 0.29) is 18.2 Å². The van der Waals surface area contributed by atoms with Gasteiger partial charge in [0.25, 0.3) is 5.91 Å². The third-order valence-corrected chi connectivity index (χ3v) is 5.63. The second kappa shape index (κ2) is 9.09. The number of ether oxygens (including phenoxy) is 2. The first-order chi connectivity index (χ1) is 15.1. The van der Waals surface area contributed by atoms with Crippen LogP contribution >= 0.6 is 11.8 Å². The number of carbonyl (C=O) groups excluding carboxylic acids is 2. The molecule has 1 unspecified atom stereocenters. The van der Waals surface area contributed by atoms with Crippen molar-refractivity contribution in [1.29, 1.82) is 0 Å². The Kier molecular flexibility index (Phi) is 6.08. The van der Waals surface area contributed by atoms with Crippen molar-refractivity contribution < 1.29 is 19.1 Å². The highest BCUT2D eigenvalue weighted by Crippen LogP contribution is 2.31. The van der Waals surface area contributed by atoms with E-state index >= 15 is 0 Å². The SMILES string of the molecule is COc1ccc(NC(=O)CC2C(=O)Nc3nc(SCc4ccccc4)nn32)c(OC)c1. The van der Waals surface area contributed by atoms with E-state index in [2.05, 4.69) is 20.7 Å². The first-order valence-electron chi connectivity index (χ1n) is 9.53. The van der Waals surface area contributed by atoms with Crippen LogP contribution in [-0.2, 0) is 15.3 Å². The predicted octanol–water partition coefficient (Wildman–Crippen LogP) is 3.11. The van der Waals surface area contributed by atoms with Crippen LogP contribution in [0.3, 0.4) is 0 Å². The monoisotopic (exact) mass is 439 g/mol. The second-order valence-electron chi connectivity index (χ2n) is 6.76. The molecule has 31 heavy (non-hydrogen) atoms. The van der Waals surface area contributed by atoms with Gasteiger partial charge in [0, 0.05) is 11.8 Å². The van der Waals surface area contributed by atoms with Gasteiger partial charge in [-0.15, -0.1) is 5.10 Å². The molecule has 0 aliphatic carbocycles. The minimum atomic E-state index is -0.766. The van der Waals surface area contributed by atoms with Crippen LogP contribution in [0.2, 0.25) is 0 Å². The molecule has 160 valence electrons. The summed E-state index contributed by atoms with van der Waals surface area (Å²) < 4.78 is 11.9. The summed E-state index contributed by atoms with van der Waals surface area (Å²) in [5.41, 5.74) is 1.64. The highest BCUT2D eigenvalue weighted by molar-refractivity contribution is 7.98. The van der Waals surface area contributed by atoms with Crippen LogP contribution in [0.15, 0.2) is 53.7 Å². The zero-order valence-electron chi connectivity index (χ0n) is 17.0. The molecule has 0 bridgehead atoms. The Morgan fingerprint density at radius 2 is 2.00 bits per heavy atom. The predicted molar refractivity (Wildman–Crippen MR) is 116 cm³/mol. The van der Waals surface area contributed by atoms with E-state index in [0.717, 1.165) is 5.56 Å². The van der Waals surface area contributed by atoms with Crippen molar-refractivity contribution in [2.24, 2.45) is 0 Å². The Bertz CT molecular complexity index is 1100. The van der Waals surface area contributed by atoms with E-state index in [9.17, 15) is 9.59 Å². The molecule has 2 aromatic carbocycles. The molecule has 4 rings (SSSR count). The van der Waals surface area contributed by atoms with Crippen LogP contribution in [0.25, 0.3) is 0 Å². The van der Waals surface area contributed by atoms with Crippen molar-refractivity contribution in [3.8, 4) is 11.5 Å². The first-order valence-corrected chi connectivity index (χ1v) is 10.5. The molecule has 3 aromatic rings. The lowest BCUT2D eigenvalue weighted by Crippen LogP contribution is -2.24. The molecule has 1 aromatic heterocycles. The van der Waals surface area contributed by atoms with E-state index in [1.807, 2.05) is 30.3 Å². The Hall–Kier alpha value is -3.53. The number of anilines is 2. The molecule has 1 atom stereocenters. The van der Waals surface area contributed by atoms with Crippen molar-refractivity contribution in [2.75, 3.05) is 24.9 Å². The van der Waals surface area contributed by atoms with Crippen LogP contribution in [0.5, 0.6) is 11.5 Å². The molecule has 1 aliphatic heterocycles. The normalized spacial score (nSPS) is 14.6. The van der Waals surface area contributed by atoms with Crippen molar-refractivity contribution in [3.63, 3.8) is 0 Å². The molecular weight excluding hydrogens is 418 g/mol. The summed E-state index contributed by atoms with van der Waals surface area (Å²) in [5, 5.41) is 10.4. The lowest BCUT2D eigenvalue weighted by atomic mass is 10.2. The molecule has 0 radical (unpaired) electrons. The Morgan fingerprint density at radius 3 is 2.74 bits per heavy atom. The number of thioether (sulfide) groups is 1. The highest BCUT2D eigenvalue weighted by Gasteiger charge is 2.35. The van der Waals surface area contributed by atoms with Crippen LogP contribution in [-0.4, -0.2) is 40.8 Å². The number of hydrogen-bond donors (Lipinski definition) is 2. The summed E-state index contributed by atoms with van der Waals surface area (Å²) in [5.74, 6) is 1.47. The van der Waals surface area contributed by atoms with Gasteiger partial charge >= 0.3 is 0 Å². The van der Waals surface area contributed by atoms with Gasteiger partial charge in [0.05, 0.1) is 26.3 Å². The maximum Gasteiger partial charge on any atom is 0.252 e. The minimum Gasteiger partial charge on any atom is -0.497 e. The highest BCUT2D eigenvalue weighted by atomic mass is 32.2. The summed E-state index contributed by atoms with van der Waals surface area (Å²) in [6.07, 6.45) is -0.0832. The van der Waals surface area contributed by atoms with Crippen molar-refractivity contribution in [2.45, 2.75) is 23.4 Å². The van der Waals surface area contributed by atoms with E-state index < -0.39 is 6.04 Å². The Labute approximate surface area is 183 Å². The quantitative estimate of drug-likeness (QED) is 0.519. The number of fused-ring (bicyclic) bond motifs is 1. The molecule has 2 heterocycles. The topological polar surface area (TPSA) is 107 Å². The number of nitrogens with zero attached hydrogens (tertiary/aromatic N) is 3. The van der Waals surface area contributed by atoms with Gasteiger partial charge < -0.3 is 14.8 Å². The van der Waals surface area contributed by atoms with Crippen LogP contribution in [0, 0.1) is 0 Å². The van der Waals surface area contributed by atoms with Gasteiger partial charge in [0.1, 0.15) is 17.5 Å². The van der Waals surface area contributed by atoms with Gasteiger partial charge in [-0.1, -0.05) is 42.1 Å². The lowest BCUT2D eigenvalue weighted by molar-refractivity contribution is -0.123. The van der Waals surface area contributed by atoms with Crippen molar-refractivity contribution in [1.82, 2.24) is 14.8 Å². The molecule has 0 saturated carbocycles. The summed E-state index contributed by atoms with van der Waals surface area (Å²) >= 11 is 1.47. The van der Waals surface area contributed by atoms with Gasteiger partial charge in [-0.25, -0.2) is 4.68 Å². The number of rotatable bonds is 8. The molecule has 9 nitrogen and oxygen atoms in total. The van der Waals surface area contributed by atoms with Gasteiger partial charge in [0.15, 0.2) is 0 Å². The third-order valence-electron chi connectivity index (χ3n) is 4.72. The molecule has 0 spiro atoms. The van der Waals surface area contributed by atoms with Gasteiger partial charge in [-0.3, -0.25) is 14.9 Å². The lowest BCUT2D eigenvalue weighted by Gasteiger charge is -2.13. The minimum absolute atomic E-state index is 0.0832. The van der Waals surface area contributed by atoms with Crippen molar-refractivity contribution in [3.05, 3.63) is 54.1 Å². The van der Waals surface area contributed by atoms with Crippen molar-refractivity contribution >= 4 is 35.2 Å². The van der Waals surface area contributed by atoms with E-state index in [0.29, 0.717) is 34.0 Å². The number of nitrogens with one attached hydrogen (secondary N) is 2. The first kappa shape index (κ1) is 20.7. The van der Waals surface area contributed by atoms with E-state index in [4.69, 9.17) is 9.47 Å². The Balaban J connectivity index is 1.42. The van der Waals surface area contributed by atoms with Gasteiger partial charge in [-0.2, -0.15) is 4.98 Å². The van der Waals surface area contributed by atoms with E-state index in [1.165, 1.54) is 23.6 Å². The fourth-order valence-corrected chi connectivity index (χ4v) is 3.94. The number of aromatic nitrogens is 3. The molecule has 10 heteroatoms. The molecule has 2 N–H and O–H groups in total. The summed E-state index contributed by atoms with van der Waals surface area (Å²) in [6, 6.07) is 14.3. The fourth-order valence-electron chi connectivity index (χ4n) is 3.15. The largest absolute Gasteiger partial charge is 0.497 e. The standard InChI is InChI=1S/C21H21N5O4S/c1-29-14-8-9-15(17(10-14)30-2)22-18(27)11-16-19(28)23-20-24-21(25-26(16)20)31-12-13-6-4-3-5-7-13/h3-10,16H,11-12H2,1-2H3,(H,22,27)(H,23,24,25,28). The molecule has 0 saturated heterocycles. The number of amides is 2. The number of benzene rings is 2. The number of carbonyl (C=O) groups is 2. The average molecular weight is 439 g/mol. The molecule has 0 fully saturated rings. The Morgan fingerprint density at radius 1 is 1.19 bits per heavy atom. The second-order valence-corrected chi connectivity index (χ2v) is 7.70. The number of hydrogen-bond acceptors (Lipinski definition) is 7. The van der Waals surface area contributed by atoms with Crippen LogP contribution in [0.4, 0.5) is 11.6 Å².